The molecule has 0 aliphatic carbocycles. The van der Waals surface area contributed by atoms with Gasteiger partial charge in [-0.25, -0.2) is 0 Å². The summed E-state index contributed by atoms with van der Waals surface area (Å²) in [5, 5.41) is 18.1. The van der Waals surface area contributed by atoms with Crippen molar-refractivity contribution in [3.05, 3.63) is 0 Å². The van der Waals surface area contributed by atoms with Crippen LogP contribution in [0.15, 0.2) is 0 Å². The maximum Gasteiger partial charge on any atom is 0.0527 e. The lowest BCUT2D eigenvalue weighted by Crippen LogP contribution is -2.32. The van der Waals surface area contributed by atoms with Crippen LogP contribution < -0.4 is 0 Å². The quantitative estimate of drug-likeness (QED) is 0.631. The van der Waals surface area contributed by atoms with Crippen LogP contribution in [-0.2, 0) is 0 Å². The van der Waals surface area contributed by atoms with E-state index in [1.54, 1.807) is 0 Å². The molecule has 1 saturated heterocycles. The lowest BCUT2D eigenvalue weighted by Gasteiger charge is -2.25. The fourth-order valence-corrected chi connectivity index (χ4v) is 2.45. The van der Waals surface area contributed by atoms with Crippen LogP contribution in [0.1, 0.15) is 45.4 Å². The van der Waals surface area contributed by atoms with Gasteiger partial charge in [0.25, 0.3) is 0 Å². The Bertz CT molecular complexity index is 162. The zero-order valence-corrected chi connectivity index (χ0v) is 9.86. The lowest BCUT2D eigenvalue weighted by molar-refractivity contribution is 0.132. The third kappa shape index (κ3) is 4.96. The van der Waals surface area contributed by atoms with Gasteiger partial charge in [0.1, 0.15) is 0 Å². The molecule has 0 spiro atoms. The summed E-state index contributed by atoms with van der Waals surface area (Å²) in [6.45, 7) is 4.52. The molecule has 0 bridgehead atoms. The Kier molecular flexibility index (Phi) is 6.22. The minimum absolute atomic E-state index is 0.173. The van der Waals surface area contributed by atoms with Gasteiger partial charge in [-0.05, 0) is 58.5 Å². The minimum atomic E-state index is -0.173. The number of aliphatic hydroxyl groups excluding tert-OH is 2. The van der Waals surface area contributed by atoms with Crippen LogP contribution >= 0.6 is 0 Å². The molecule has 0 saturated carbocycles. The molecule has 3 heteroatoms. The minimum Gasteiger partial charge on any atom is -0.396 e. The summed E-state index contributed by atoms with van der Waals surface area (Å²) >= 11 is 0. The van der Waals surface area contributed by atoms with Gasteiger partial charge in [-0.2, -0.15) is 0 Å². The van der Waals surface area contributed by atoms with Gasteiger partial charge in [-0.1, -0.05) is 0 Å². The summed E-state index contributed by atoms with van der Waals surface area (Å²) < 4.78 is 0. The molecule has 90 valence electrons. The molecule has 0 aromatic rings. The van der Waals surface area contributed by atoms with Crippen LogP contribution in [0, 0.1) is 0 Å². The molecule has 2 atom stereocenters. The second-order valence-corrected chi connectivity index (χ2v) is 4.70. The van der Waals surface area contributed by atoms with E-state index in [1.807, 2.05) is 6.92 Å². The van der Waals surface area contributed by atoms with Crippen LogP contribution in [0.4, 0.5) is 0 Å². The molecule has 2 unspecified atom stereocenters. The third-order valence-corrected chi connectivity index (χ3v) is 3.22. The van der Waals surface area contributed by atoms with E-state index in [9.17, 15) is 5.11 Å². The Balaban J connectivity index is 2.15. The molecule has 1 fully saturated rings. The number of likely N-dealkylation sites (tertiary alicyclic amines) is 1. The van der Waals surface area contributed by atoms with E-state index < -0.39 is 0 Å². The first-order chi connectivity index (χ1) is 7.24. The van der Waals surface area contributed by atoms with Crippen molar-refractivity contribution in [3.8, 4) is 0 Å². The monoisotopic (exact) mass is 215 g/mol. The SMILES string of the molecule is CC(O)CC1CCCN1CCCCCO. The van der Waals surface area contributed by atoms with Crippen molar-refractivity contribution in [1.82, 2.24) is 4.90 Å². The van der Waals surface area contributed by atoms with Crippen LogP contribution in [0.2, 0.25) is 0 Å². The van der Waals surface area contributed by atoms with E-state index in [-0.39, 0.29) is 6.10 Å². The zero-order chi connectivity index (χ0) is 11.1. The molecule has 1 heterocycles. The average molecular weight is 215 g/mol. The van der Waals surface area contributed by atoms with Gasteiger partial charge in [-0.3, -0.25) is 0 Å². The normalized spacial score (nSPS) is 24.6. The van der Waals surface area contributed by atoms with Crippen molar-refractivity contribution in [1.29, 1.82) is 0 Å². The highest BCUT2D eigenvalue weighted by Crippen LogP contribution is 2.21. The summed E-state index contributed by atoms with van der Waals surface area (Å²) in [7, 11) is 0. The Hall–Kier alpha value is -0.120. The smallest absolute Gasteiger partial charge is 0.0527 e. The molecule has 0 aromatic heterocycles. The molecule has 1 aliphatic rings. The van der Waals surface area contributed by atoms with E-state index in [0.717, 1.165) is 25.8 Å². The second kappa shape index (κ2) is 7.20. The fourth-order valence-electron chi connectivity index (χ4n) is 2.45. The van der Waals surface area contributed by atoms with E-state index in [1.165, 1.54) is 25.8 Å². The van der Waals surface area contributed by atoms with E-state index >= 15 is 0 Å². The zero-order valence-electron chi connectivity index (χ0n) is 9.86. The molecule has 3 nitrogen and oxygen atoms in total. The Labute approximate surface area is 93.1 Å². The van der Waals surface area contributed by atoms with Gasteiger partial charge in [0.2, 0.25) is 0 Å². The Morgan fingerprint density at radius 2 is 2.13 bits per heavy atom. The van der Waals surface area contributed by atoms with Gasteiger partial charge >= 0.3 is 0 Å². The standard InChI is InChI=1S/C12H25NO2/c1-11(15)10-12-6-5-8-13(12)7-3-2-4-9-14/h11-12,14-15H,2-10H2,1H3. The molecular formula is C12H25NO2. The molecule has 0 radical (unpaired) electrons. The highest BCUT2D eigenvalue weighted by atomic mass is 16.3. The predicted molar refractivity (Wildman–Crippen MR) is 61.8 cm³/mol. The summed E-state index contributed by atoms with van der Waals surface area (Å²) in [5.74, 6) is 0. The van der Waals surface area contributed by atoms with Crippen LogP contribution in [0.25, 0.3) is 0 Å². The molecule has 0 aromatic carbocycles. The summed E-state index contributed by atoms with van der Waals surface area (Å²) in [6, 6.07) is 0.596. The maximum atomic E-state index is 9.38. The Morgan fingerprint density at radius 3 is 2.80 bits per heavy atom. The van der Waals surface area contributed by atoms with Crippen molar-refractivity contribution < 1.29 is 10.2 Å². The summed E-state index contributed by atoms with van der Waals surface area (Å²) in [4.78, 5) is 2.50. The number of rotatable bonds is 7. The molecule has 1 rings (SSSR count). The van der Waals surface area contributed by atoms with E-state index in [4.69, 9.17) is 5.11 Å². The first kappa shape index (κ1) is 12.9. The van der Waals surface area contributed by atoms with E-state index in [2.05, 4.69) is 4.90 Å². The molecule has 1 aliphatic heterocycles. The highest BCUT2D eigenvalue weighted by molar-refractivity contribution is 4.80. The number of hydrogen-bond donors (Lipinski definition) is 2. The molecule has 2 N–H and O–H groups in total. The number of aliphatic hydroxyl groups is 2. The van der Waals surface area contributed by atoms with Crippen molar-refractivity contribution in [2.45, 2.75) is 57.6 Å². The van der Waals surface area contributed by atoms with Crippen LogP contribution in [-0.4, -0.2) is 47.0 Å². The van der Waals surface area contributed by atoms with E-state index in [0.29, 0.717) is 12.6 Å². The van der Waals surface area contributed by atoms with Gasteiger partial charge in [0.15, 0.2) is 0 Å². The van der Waals surface area contributed by atoms with Crippen LogP contribution in [0.3, 0.4) is 0 Å². The largest absolute Gasteiger partial charge is 0.396 e. The predicted octanol–water partition coefficient (Wildman–Crippen LogP) is 1.38. The van der Waals surface area contributed by atoms with Gasteiger partial charge in [0, 0.05) is 12.6 Å². The van der Waals surface area contributed by atoms with Gasteiger partial charge in [-0.15, -0.1) is 0 Å². The topological polar surface area (TPSA) is 43.7 Å². The fraction of sp³-hybridized carbons (Fsp3) is 1.00. The maximum absolute atomic E-state index is 9.38. The summed E-state index contributed by atoms with van der Waals surface area (Å²) in [6.07, 6.45) is 6.48. The number of hydrogen-bond acceptors (Lipinski definition) is 3. The molecule has 15 heavy (non-hydrogen) atoms. The average Bonchev–Trinajstić information content (AvgIpc) is 2.59. The first-order valence-electron chi connectivity index (χ1n) is 6.27. The first-order valence-corrected chi connectivity index (χ1v) is 6.27. The molecular weight excluding hydrogens is 190 g/mol. The van der Waals surface area contributed by atoms with Crippen molar-refractivity contribution >= 4 is 0 Å². The van der Waals surface area contributed by atoms with Crippen LogP contribution in [0.5, 0.6) is 0 Å². The van der Waals surface area contributed by atoms with Crippen molar-refractivity contribution in [3.63, 3.8) is 0 Å². The number of unbranched alkanes of at least 4 members (excludes halogenated alkanes) is 2. The summed E-state index contributed by atoms with van der Waals surface area (Å²) in [5.41, 5.74) is 0. The van der Waals surface area contributed by atoms with Crippen molar-refractivity contribution in [2.75, 3.05) is 19.7 Å². The Morgan fingerprint density at radius 1 is 1.33 bits per heavy atom. The highest BCUT2D eigenvalue weighted by Gasteiger charge is 2.24. The van der Waals surface area contributed by atoms with Gasteiger partial charge < -0.3 is 15.1 Å². The number of nitrogens with zero attached hydrogens (tertiary/aromatic N) is 1. The van der Waals surface area contributed by atoms with Crippen molar-refractivity contribution in [2.24, 2.45) is 0 Å². The molecule has 0 amide bonds. The second-order valence-electron chi connectivity index (χ2n) is 4.70. The van der Waals surface area contributed by atoms with Gasteiger partial charge in [0.05, 0.1) is 6.10 Å². The lowest BCUT2D eigenvalue weighted by atomic mass is 10.1. The third-order valence-electron chi connectivity index (χ3n) is 3.22.